The van der Waals surface area contributed by atoms with E-state index in [0.717, 1.165) is 51.5 Å². The molecule has 3 rings (SSSR count). The van der Waals surface area contributed by atoms with Crippen molar-refractivity contribution in [1.82, 2.24) is 20.5 Å². The second kappa shape index (κ2) is 23.1. The molecule has 3 amide bonds. The largest absolute Gasteiger partial charge is 0.481 e. The monoisotopic (exact) mass is 816 g/mol. The van der Waals surface area contributed by atoms with Crippen LogP contribution in [0.25, 0.3) is 0 Å². The predicted molar refractivity (Wildman–Crippen MR) is 225 cm³/mol. The summed E-state index contributed by atoms with van der Waals surface area (Å²) < 4.78 is 20.7. The van der Waals surface area contributed by atoms with Crippen LogP contribution in [0.3, 0.4) is 0 Å². The molecule has 6 atom stereocenters. The van der Waals surface area contributed by atoms with Crippen LogP contribution in [-0.2, 0) is 30.3 Å². The smallest absolute Gasteiger partial charge is 0.309 e. The van der Waals surface area contributed by atoms with Crippen molar-refractivity contribution in [3.8, 4) is 0 Å². The van der Waals surface area contributed by atoms with Crippen molar-refractivity contribution < 1.29 is 33.4 Å². The number of nitrogen functional groups attached to an aromatic ring is 1. The van der Waals surface area contributed by atoms with E-state index in [1.165, 1.54) is 23.5 Å². The van der Waals surface area contributed by atoms with E-state index >= 15 is 0 Å². The number of nitrogens with zero attached hydrogens (tertiary/aromatic N) is 2. The SMILES string of the molecule is CCCCCCN(C(=O)[C@H](C(=O)N[C@@H]1CCCCN1)[C@@H](C)CC)[C@H](C[C@@H](OCC)c1nc(NC(=O)[C@@H](Cc2ccc(N)c(F)c2)CC(C)(C)C(=O)O)cs1)C(C)C. The molecule has 12 nitrogen and oxygen atoms in total. The molecule has 1 aliphatic heterocycles. The molecule has 0 spiro atoms. The minimum absolute atomic E-state index is 0.00372. The number of carboxylic acid groups (broad SMARTS) is 1. The second-order valence-electron chi connectivity index (χ2n) is 16.7. The Morgan fingerprint density at radius 1 is 1.11 bits per heavy atom. The molecule has 0 bridgehead atoms. The van der Waals surface area contributed by atoms with E-state index in [2.05, 4.69) is 36.7 Å². The highest BCUT2D eigenvalue weighted by Gasteiger charge is 2.40. The fraction of sp³-hybridized carbons (Fsp3) is 0.698. The Morgan fingerprint density at radius 3 is 2.44 bits per heavy atom. The molecule has 57 heavy (non-hydrogen) atoms. The van der Waals surface area contributed by atoms with Gasteiger partial charge < -0.3 is 31.1 Å². The Labute approximate surface area is 343 Å². The summed E-state index contributed by atoms with van der Waals surface area (Å²) in [6.07, 6.45) is 7.38. The molecule has 0 unspecified atom stereocenters. The van der Waals surface area contributed by atoms with Crippen molar-refractivity contribution in [2.75, 3.05) is 30.7 Å². The van der Waals surface area contributed by atoms with Crippen molar-refractivity contribution in [2.45, 2.75) is 144 Å². The molecule has 6 N–H and O–H groups in total. The molecule has 0 aliphatic carbocycles. The Balaban J connectivity index is 1.91. The van der Waals surface area contributed by atoms with Gasteiger partial charge in [0.25, 0.3) is 0 Å². The van der Waals surface area contributed by atoms with Crippen molar-refractivity contribution >= 4 is 46.5 Å². The highest BCUT2D eigenvalue weighted by atomic mass is 32.1. The van der Waals surface area contributed by atoms with Gasteiger partial charge in [-0.05, 0) is 95.4 Å². The number of ether oxygens (including phenoxy) is 1. The lowest BCUT2D eigenvalue weighted by Crippen LogP contribution is -2.55. The zero-order chi connectivity index (χ0) is 42.3. The lowest BCUT2D eigenvalue weighted by Gasteiger charge is -2.39. The molecule has 14 heteroatoms. The number of aromatic nitrogens is 1. The number of hydrogen-bond donors (Lipinski definition) is 5. The number of unbranched alkanes of at least 4 members (excludes halogenated alkanes) is 3. The van der Waals surface area contributed by atoms with Crippen LogP contribution in [0.2, 0.25) is 0 Å². The third-order valence-corrected chi connectivity index (χ3v) is 12.2. The van der Waals surface area contributed by atoms with Crippen LogP contribution in [0.1, 0.15) is 136 Å². The third-order valence-electron chi connectivity index (χ3n) is 11.2. The van der Waals surface area contributed by atoms with Gasteiger partial charge >= 0.3 is 5.97 Å². The van der Waals surface area contributed by atoms with Gasteiger partial charge in [-0.3, -0.25) is 24.5 Å². The fourth-order valence-electron chi connectivity index (χ4n) is 7.50. The van der Waals surface area contributed by atoms with Crippen molar-refractivity contribution in [3.05, 3.63) is 40.0 Å². The second-order valence-corrected chi connectivity index (χ2v) is 17.6. The highest BCUT2D eigenvalue weighted by molar-refractivity contribution is 7.10. The van der Waals surface area contributed by atoms with Crippen LogP contribution in [0.5, 0.6) is 0 Å². The Hall–Kier alpha value is -3.62. The molecule has 0 radical (unpaired) electrons. The lowest BCUT2D eigenvalue weighted by molar-refractivity contribution is -0.149. The number of carbonyl (C=O) groups is 4. The number of nitrogens with two attached hydrogens (primary N) is 1. The van der Waals surface area contributed by atoms with Crippen LogP contribution < -0.4 is 21.7 Å². The predicted octanol–water partition coefficient (Wildman–Crippen LogP) is 7.94. The number of carboxylic acids is 1. The first kappa shape index (κ1) is 47.8. The number of amides is 3. The summed E-state index contributed by atoms with van der Waals surface area (Å²) in [5, 5.41) is 21.6. The van der Waals surface area contributed by atoms with Gasteiger partial charge in [0, 0.05) is 36.9 Å². The summed E-state index contributed by atoms with van der Waals surface area (Å²) in [7, 11) is 0. The third kappa shape index (κ3) is 14.3. The molecule has 0 saturated carbocycles. The summed E-state index contributed by atoms with van der Waals surface area (Å²) in [6, 6.07) is 4.06. The Kier molecular flexibility index (Phi) is 19.3. The molecule has 2 heterocycles. The van der Waals surface area contributed by atoms with Gasteiger partial charge in [0.1, 0.15) is 28.7 Å². The first-order valence-electron chi connectivity index (χ1n) is 21.0. The number of hydrogen-bond acceptors (Lipinski definition) is 9. The Bertz CT molecular complexity index is 1600. The van der Waals surface area contributed by atoms with Gasteiger partial charge in [-0.2, -0.15) is 0 Å². The minimum Gasteiger partial charge on any atom is -0.481 e. The van der Waals surface area contributed by atoms with Crippen LogP contribution >= 0.6 is 11.3 Å². The van der Waals surface area contributed by atoms with Gasteiger partial charge in [-0.1, -0.05) is 66.4 Å². The van der Waals surface area contributed by atoms with E-state index in [4.69, 9.17) is 15.5 Å². The number of thiazole rings is 1. The number of benzene rings is 1. The summed E-state index contributed by atoms with van der Waals surface area (Å²) in [5.41, 5.74) is 4.95. The van der Waals surface area contributed by atoms with E-state index < -0.39 is 41.0 Å². The van der Waals surface area contributed by atoms with E-state index in [-0.39, 0.29) is 54.4 Å². The van der Waals surface area contributed by atoms with Gasteiger partial charge in [-0.25, -0.2) is 9.37 Å². The zero-order valence-corrected chi connectivity index (χ0v) is 36.3. The van der Waals surface area contributed by atoms with Crippen molar-refractivity contribution in [2.24, 2.45) is 29.1 Å². The highest BCUT2D eigenvalue weighted by Crippen LogP contribution is 2.34. The van der Waals surface area contributed by atoms with Crippen molar-refractivity contribution in [3.63, 3.8) is 0 Å². The van der Waals surface area contributed by atoms with Crippen molar-refractivity contribution in [1.29, 1.82) is 0 Å². The maximum Gasteiger partial charge on any atom is 0.309 e. The summed E-state index contributed by atoms with van der Waals surface area (Å²) >= 11 is 1.33. The summed E-state index contributed by atoms with van der Waals surface area (Å²) in [5.74, 6) is -3.97. The number of aliphatic carboxylic acids is 1. The van der Waals surface area contributed by atoms with Crippen LogP contribution in [0.4, 0.5) is 15.9 Å². The lowest BCUT2D eigenvalue weighted by atomic mass is 9.80. The molecule has 1 fully saturated rings. The number of anilines is 2. The molecule has 1 aromatic heterocycles. The van der Waals surface area contributed by atoms with Gasteiger partial charge in [0.05, 0.1) is 17.3 Å². The van der Waals surface area contributed by atoms with E-state index in [1.54, 1.807) is 25.3 Å². The maximum atomic E-state index is 14.8. The van der Waals surface area contributed by atoms with Gasteiger partial charge in [0.2, 0.25) is 17.7 Å². The van der Waals surface area contributed by atoms with Crippen LogP contribution in [0.15, 0.2) is 23.6 Å². The number of nitrogens with one attached hydrogen (secondary N) is 3. The topological polar surface area (TPSA) is 176 Å². The van der Waals surface area contributed by atoms with Crippen LogP contribution in [0, 0.1) is 34.9 Å². The molecule has 320 valence electrons. The summed E-state index contributed by atoms with van der Waals surface area (Å²) in [4.78, 5) is 61.3. The molecular weight excluding hydrogens is 748 g/mol. The van der Waals surface area contributed by atoms with E-state index in [1.807, 2.05) is 25.7 Å². The van der Waals surface area contributed by atoms with E-state index in [0.29, 0.717) is 42.4 Å². The van der Waals surface area contributed by atoms with E-state index in [9.17, 15) is 28.7 Å². The minimum atomic E-state index is -1.23. The average Bonchev–Trinajstić information content (AvgIpc) is 3.63. The molecular formula is C43H69FN6O6S. The molecule has 2 aromatic rings. The maximum absolute atomic E-state index is 14.8. The quantitative estimate of drug-likeness (QED) is 0.0400. The zero-order valence-electron chi connectivity index (χ0n) is 35.5. The summed E-state index contributed by atoms with van der Waals surface area (Å²) in [6.45, 7) is 17.1. The normalized spacial score (nSPS) is 17.3. The molecule has 1 saturated heterocycles. The van der Waals surface area contributed by atoms with Crippen LogP contribution in [-0.4, -0.2) is 70.6 Å². The average molecular weight is 817 g/mol. The fourth-order valence-corrected chi connectivity index (χ4v) is 8.31. The molecule has 1 aliphatic rings. The van der Waals surface area contributed by atoms with Gasteiger partial charge in [-0.15, -0.1) is 11.3 Å². The standard InChI is InChI=1S/C43H69FN6O6S/c1-9-12-13-16-21-50(41(53)37(28(6)10-2)39(52)47-35-17-14-15-20-46-35)33(27(4)5)24-34(56-11-3)40-49-36(26-57-40)48-38(51)30(25-43(7,8)42(54)55)22-29-18-19-32(45)31(44)23-29/h18-19,23,26-28,30,33-35,37,46H,9-17,20-22,24-25,45H2,1-8H3,(H,47,52)(H,48,51)(H,54,55)/t28-,30-,33+,34+,35+,37-/m0/s1. The number of rotatable bonds is 24. The number of carbonyl (C=O) groups excluding carboxylic acids is 3. The molecule has 1 aromatic carbocycles. The number of halogens is 1. The first-order chi connectivity index (χ1) is 27.0. The number of piperidine rings is 1. The Morgan fingerprint density at radius 2 is 1.84 bits per heavy atom. The van der Waals surface area contributed by atoms with Gasteiger partial charge in [0.15, 0.2) is 0 Å². The first-order valence-corrected chi connectivity index (χ1v) is 21.9.